The Balaban J connectivity index is 1.94. The van der Waals surface area contributed by atoms with Crippen LogP contribution in [-0.4, -0.2) is 47.6 Å². The zero-order valence-corrected chi connectivity index (χ0v) is 15.8. The van der Waals surface area contributed by atoms with E-state index in [9.17, 15) is 18.0 Å². The molecule has 10 heteroatoms. The van der Waals surface area contributed by atoms with E-state index in [0.29, 0.717) is 11.4 Å². The third kappa shape index (κ3) is 4.96. The second kappa shape index (κ2) is 8.68. The second-order valence-corrected chi connectivity index (χ2v) is 8.16. The van der Waals surface area contributed by atoms with Crippen molar-refractivity contribution in [3.8, 4) is 5.75 Å². The summed E-state index contributed by atoms with van der Waals surface area (Å²) >= 11 is 1.14. The molecule has 0 unspecified atom stereocenters. The van der Waals surface area contributed by atoms with E-state index in [0.717, 1.165) is 11.3 Å². The van der Waals surface area contributed by atoms with E-state index in [-0.39, 0.29) is 17.4 Å². The number of nitrogens with zero attached hydrogens (tertiary/aromatic N) is 1. The summed E-state index contributed by atoms with van der Waals surface area (Å²) in [5.74, 6) is -0.736. The number of sulfonamides is 1. The fraction of sp³-hybridized carbons (Fsp3) is 0.250. The molecule has 140 valence electrons. The molecule has 0 aliphatic rings. The zero-order valence-electron chi connectivity index (χ0n) is 14.2. The Bertz CT molecular complexity index is 847. The molecule has 0 aliphatic carbocycles. The van der Waals surface area contributed by atoms with Crippen LogP contribution in [0.15, 0.2) is 46.0 Å². The number of nitrogens with one attached hydrogen (secondary N) is 1. The molecule has 1 N–H and O–H groups in total. The van der Waals surface area contributed by atoms with E-state index in [4.69, 9.17) is 9.47 Å². The second-order valence-electron chi connectivity index (χ2n) is 5.02. The lowest BCUT2D eigenvalue weighted by atomic mass is 10.3. The molecule has 0 bridgehead atoms. The molecule has 0 fully saturated rings. The maximum absolute atomic E-state index is 12.5. The van der Waals surface area contributed by atoms with Gasteiger partial charge in [-0.1, -0.05) is 6.07 Å². The van der Waals surface area contributed by atoms with Gasteiger partial charge in [-0.05, 0) is 35.7 Å². The van der Waals surface area contributed by atoms with E-state index >= 15 is 0 Å². The summed E-state index contributed by atoms with van der Waals surface area (Å²) in [5, 5.41) is 4.02. The van der Waals surface area contributed by atoms with Crippen LogP contribution in [-0.2, 0) is 24.3 Å². The summed E-state index contributed by atoms with van der Waals surface area (Å²) in [7, 11) is -0.712. The van der Waals surface area contributed by atoms with Crippen molar-refractivity contribution in [2.75, 3.05) is 31.6 Å². The molecule has 1 aromatic carbocycles. The predicted octanol–water partition coefficient (Wildman–Crippen LogP) is 1.24. The van der Waals surface area contributed by atoms with Crippen molar-refractivity contribution in [2.45, 2.75) is 4.21 Å². The third-order valence-corrected chi connectivity index (χ3v) is 6.47. The minimum absolute atomic E-state index is 0.249. The first kappa shape index (κ1) is 19.7. The van der Waals surface area contributed by atoms with Crippen LogP contribution in [0, 0.1) is 0 Å². The van der Waals surface area contributed by atoms with Crippen LogP contribution in [0.2, 0.25) is 0 Å². The molecule has 1 heterocycles. The number of carbonyl (C=O) groups is 2. The Labute approximate surface area is 155 Å². The minimum Gasteiger partial charge on any atom is -0.482 e. The van der Waals surface area contributed by atoms with Gasteiger partial charge in [0.25, 0.3) is 15.9 Å². The Morgan fingerprint density at radius 2 is 1.85 bits per heavy atom. The van der Waals surface area contributed by atoms with Crippen LogP contribution in [0.25, 0.3) is 0 Å². The quantitative estimate of drug-likeness (QED) is 0.672. The van der Waals surface area contributed by atoms with Gasteiger partial charge in [0.15, 0.2) is 13.2 Å². The van der Waals surface area contributed by atoms with Crippen LogP contribution < -0.4 is 14.4 Å². The summed E-state index contributed by atoms with van der Waals surface area (Å²) in [6, 6.07) is 9.43. The van der Waals surface area contributed by atoms with E-state index in [2.05, 4.69) is 5.32 Å². The summed E-state index contributed by atoms with van der Waals surface area (Å²) in [4.78, 5) is 22.4. The molecule has 0 spiro atoms. The first-order valence-electron chi connectivity index (χ1n) is 7.46. The van der Waals surface area contributed by atoms with Gasteiger partial charge in [-0.3, -0.25) is 9.10 Å². The number of esters is 1. The maximum atomic E-state index is 12.5. The fourth-order valence-corrected chi connectivity index (χ4v) is 4.20. The molecule has 2 rings (SSSR count). The Hall–Kier alpha value is -2.59. The average molecular weight is 398 g/mol. The molecule has 0 saturated carbocycles. The standard InChI is InChI=1S/C16H18N2O6S2/c1-17-14(19)10-24-15(20)11-23-13-7-5-12(6-8-13)18(2)26(21,22)16-4-3-9-25-16/h3-9H,10-11H2,1-2H3,(H,17,19). The Kier molecular flexibility index (Phi) is 6.58. The third-order valence-electron chi connectivity index (χ3n) is 3.31. The molecule has 1 amide bonds. The monoisotopic (exact) mass is 398 g/mol. The molecule has 0 atom stereocenters. The molecule has 8 nitrogen and oxygen atoms in total. The summed E-state index contributed by atoms with van der Waals surface area (Å²) in [6.45, 7) is -0.733. The lowest BCUT2D eigenvalue weighted by Crippen LogP contribution is -2.27. The van der Waals surface area contributed by atoms with Gasteiger partial charge in [0.1, 0.15) is 9.96 Å². The molecule has 0 saturated heterocycles. The van der Waals surface area contributed by atoms with Crippen LogP contribution in [0.3, 0.4) is 0 Å². The molecule has 0 aliphatic heterocycles. The first-order valence-corrected chi connectivity index (χ1v) is 9.78. The van der Waals surface area contributed by atoms with Gasteiger partial charge in [-0.25, -0.2) is 13.2 Å². The van der Waals surface area contributed by atoms with Crippen molar-refractivity contribution in [2.24, 2.45) is 0 Å². The lowest BCUT2D eigenvalue weighted by molar-refractivity contribution is -0.150. The van der Waals surface area contributed by atoms with E-state index in [1.54, 1.807) is 41.8 Å². The highest BCUT2D eigenvalue weighted by Gasteiger charge is 2.22. The van der Waals surface area contributed by atoms with Gasteiger partial charge in [0.05, 0.1) is 5.69 Å². The van der Waals surface area contributed by atoms with Gasteiger partial charge in [0, 0.05) is 14.1 Å². The maximum Gasteiger partial charge on any atom is 0.344 e. The molecular weight excluding hydrogens is 380 g/mol. The van der Waals surface area contributed by atoms with Crippen molar-refractivity contribution in [3.05, 3.63) is 41.8 Å². The predicted molar refractivity (Wildman–Crippen MR) is 96.9 cm³/mol. The van der Waals surface area contributed by atoms with Gasteiger partial charge in [0.2, 0.25) is 0 Å². The summed E-state index contributed by atoms with van der Waals surface area (Å²) in [5.41, 5.74) is 0.452. The smallest absolute Gasteiger partial charge is 0.344 e. The van der Waals surface area contributed by atoms with Gasteiger partial charge in [-0.15, -0.1) is 11.3 Å². The Morgan fingerprint density at radius 3 is 2.42 bits per heavy atom. The van der Waals surface area contributed by atoms with Crippen molar-refractivity contribution in [1.82, 2.24) is 5.32 Å². The normalized spacial score (nSPS) is 10.8. The highest BCUT2D eigenvalue weighted by Crippen LogP contribution is 2.26. The SMILES string of the molecule is CNC(=O)COC(=O)COc1ccc(N(C)S(=O)(=O)c2cccs2)cc1. The minimum atomic E-state index is -3.61. The van der Waals surface area contributed by atoms with Crippen molar-refractivity contribution in [3.63, 3.8) is 0 Å². The van der Waals surface area contributed by atoms with Crippen LogP contribution >= 0.6 is 11.3 Å². The number of benzene rings is 1. The van der Waals surface area contributed by atoms with Crippen molar-refractivity contribution >= 4 is 38.9 Å². The van der Waals surface area contributed by atoms with Crippen molar-refractivity contribution < 1.29 is 27.5 Å². The average Bonchev–Trinajstić information content (AvgIpc) is 3.19. The fourth-order valence-electron chi connectivity index (χ4n) is 1.84. The number of amides is 1. The molecular formula is C16H18N2O6S2. The zero-order chi connectivity index (χ0) is 19.2. The van der Waals surface area contributed by atoms with Gasteiger partial charge in [-0.2, -0.15) is 0 Å². The number of hydrogen-bond donors (Lipinski definition) is 1. The number of likely N-dealkylation sites (N-methyl/N-ethyl adjacent to an activating group) is 1. The first-order chi connectivity index (χ1) is 12.3. The highest BCUT2D eigenvalue weighted by atomic mass is 32.2. The molecule has 0 radical (unpaired) electrons. The number of carbonyl (C=O) groups excluding carboxylic acids is 2. The van der Waals surface area contributed by atoms with Gasteiger partial charge >= 0.3 is 5.97 Å². The van der Waals surface area contributed by atoms with Crippen LogP contribution in [0.1, 0.15) is 0 Å². The topological polar surface area (TPSA) is 102 Å². The van der Waals surface area contributed by atoms with Gasteiger partial charge < -0.3 is 14.8 Å². The van der Waals surface area contributed by atoms with Crippen molar-refractivity contribution in [1.29, 1.82) is 0 Å². The number of ether oxygens (including phenoxy) is 2. The Morgan fingerprint density at radius 1 is 1.15 bits per heavy atom. The van der Waals surface area contributed by atoms with E-state index in [1.807, 2.05) is 0 Å². The molecule has 2 aromatic rings. The summed E-state index contributed by atoms with van der Waals surface area (Å²) in [6.07, 6.45) is 0. The molecule has 1 aromatic heterocycles. The van der Waals surface area contributed by atoms with Crippen LogP contribution in [0.5, 0.6) is 5.75 Å². The summed E-state index contributed by atoms with van der Waals surface area (Å²) < 4.78 is 36.3. The number of thiophene rings is 1. The van der Waals surface area contributed by atoms with E-state index < -0.39 is 21.9 Å². The largest absolute Gasteiger partial charge is 0.482 e. The van der Waals surface area contributed by atoms with Crippen LogP contribution in [0.4, 0.5) is 5.69 Å². The highest BCUT2D eigenvalue weighted by molar-refractivity contribution is 7.94. The molecule has 26 heavy (non-hydrogen) atoms. The lowest BCUT2D eigenvalue weighted by Gasteiger charge is -2.18. The number of rotatable bonds is 8. The number of anilines is 1. The number of hydrogen-bond acceptors (Lipinski definition) is 7. The van der Waals surface area contributed by atoms with E-state index in [1.165, 1.54) is 18.4 Å².